The van der Waals surface area contributed by atoms with Gasteiger partial charge in [-0.15, -0.1) is 0 Å². The summed E-state index contributed by atoms with van der Waals surface area (Å²) in [4.78, 5) is 39.7. The van der Waals surface area contributed by atoms with Crippen LogP contribution in [-0.2, 0) is 4.79 Å². The first-order valence-corrected chi connectivity index (χ1v) is 9.35. The molecule has 0 saturated heterocycles. The number of carbonyl (C=O) groups is 3. The second kappa shape index (κ2) is 10.2. The number of pyridine rings is 1. The molecule has 0 aliphatic carbocycles. The highest BCUT2D eigenvalue weighted by atomic mass is 16.4. The Kier molecular flexibility index (Phi) is 6.93. The number of aromatic nitrogens is 1. The van der Waals surface area contributed by atoms with Crippen molar-refractivity contribution in [2.45, 2.75) is 6.42 Å². The lowest BCUT2D eigenvalue weighted by atomic mass is 10.1. The van der Waals surface area contributed by atoms with Gasteiger partial charge in [0.1, 0.15) is 11.8 Å². The van der Waals surface area contributed by atoms with Crippen LogP contribution in [0.3, 0.4) is 0 Å². The minimum absolute atomic E-state index is 0.0638. The molecule has 156 valence electrons. The molecule has 32 heavy (non-hydrogen) atoms. The molecule has 2 amide bonds. The van der Waals surface area contributed by atoms with Crippen LogP contribution in [0.25, 0.3) is 0 Å². The minimum Gasteiger partial charge on any atom is -0.465 e. The summed E-state index contributed by atoms with van der Waals surface area (Å²) >= 11 is 0. The van der Waals surface area contributed by atoms with Gasteiger partial charge in [0, 0.05) is 22.9 Å². The molecule has 0 unspecified atom stereocenters. The lowest BCUT2D eigenvalue weighted by molar-refractivity contribution is -0.115. The van der Waals surface area contributed by atoms with Gasteiger partial charge in [0.2, 0.25) is 5.91 Å². The number of amides is 2. The highest BCUT2D eigenvalue weighted by Crippen LogP contribution is 2.24. The van der Waals surface area contributed by atoms with E-state index in [-0.39, 0.29) is 22.6 Å². The highest BCUT2D eigenvalue weighted by Gasteiger charge is 2.15. The van der Waals surface area contributed by atoms with Crippen LogP contribution in [0.2, 0.25) is 0 Å². The number of nitriles is 1. The minimum atomic E-state index is -1.31. The SMILES string of the molecule is N#Cc1cc(C(=O)CC(=O)Nc2cc(C#Cc3ccccc3)ccc2NC(=O)O)ccn1. The summed E-state index contributed by atoms with van der Waals surface area (Å²) in [6.07, 6.45) is -0.491. The summed E-state index contributed by atoms with van der Waals surface area (Å²) in [6, 6.07) is 18.4. The smallest absolute Gasteiger partial charge is 0.409 e. The molecule has 0 spiro atoms. The van der Waals surface area contributed by atoms with E-state index in [1.165, 1.54) is 30.5 Å². The lowest BCUT2D eigenvalue weighted by Crippen LogP contribution is -2.18. The van der Waals surface area contributed by atoms with Crippen molar-refractivity contribution in [3.63, 3.8) is 0 Å². The van der Waals surface area contributed by atoms with Gasteiger partial charge < -0.3 is 10.4 Å². The largest absolute Gasteiger partial charge is 0.465 e. The zero-order valence-corrected chi connectivity index (χ0v) is 16.6. The van der Waals surface area contributed by atoms with E-state index in [1.807, 2.05) is 36.4 Å². The average Bonchev–Trinajstić information content (AvgIpc) is 2.79. The Hall–Kier alpha value is -4.95. The van der Waals surface area contributed by atoms with E-state index < -0.39 is 24.2 Å². The van der Waals surface area contributed by atoms with E-state index in [0.717, 1.165) is 5.56 Å². The molecule has 0 atom stereocenters. The molecule has 3 N–H and O–H groups in total. The predicted octanol–water partition coefficient (Wildman–Crippen LogP) is 3.65. The average molecular weight is 424 g/mol. The molecule has 3 aromatic rings. The van der Waals surface area contributed by atoms with Crippen molar-refractivity contribution in [3.05, 3.63) is 89.2 Å². The van der Waals surface area contributed by atoms with Crippen LogP contribution in [0.15, 0.2) is 66.9 Å². The molecule has 8 nitrogen and oxygen atoms in total. The molecule has 0 aliphatic heterocycles. The topological polar surface area (TPSA) is 132 Å². The number of anilines is 2. The van der Waals surface area contributed by atoms with Gasteiger partial charge in [0.15, 0.2) is 5.78 Å². The maximum Gasteiger partial charge on any atom is 0.409 e. The van der Waals surface area contributed by atoms with Crippen molar-refractivity contribution in [1.29, 1.82) is 5.26 Å². The van der Waals surface area contributed by atoms with Crippen molar-refractivity contribution in [1.82, 2.24) is 4.98 Å². The Labute approximate surface area is 183 Å². The van der Waals surface area contributed by atoms with Crippen LogP contribution < -0.4 is 10.6 Å². The number of rotatable bonds is 5. The molecule has 8 heteroatoms. The Balaban J connectivity index is 1.80. The van der Waals surface area contributed by atoms with Gasteiger partial charge in [-0.2, -0.15) is 5.26 Å². The number of benzene rings is 2. The Morgan fingerprint density at radius 2 is 1.66 bits per heavy atom. The fourth-order valence-electron chi connectivity index (χ4n) is 2.72. The number of nitrogens with one attached hydrogen (secondary N) is 2. The van der Waals surface area contributed by atoms with Gasteiger partial charge in [-0.05, 0) is 42.5 Å². The number of carbonyl (C=O) groups excluding carboxylic acids is 2. The van der Waals surface area contributed by atoms with E-state index >= 15 is 0 Å². The number of hydrogen-bond acceptors (Lipinski definition) is 5. The lowest BCUT2D eigenvalue weighted by Gasteiger charge is -2.11. The zero-order chi connectivity index (χ0) is 22.9. The van der Waals surface area contributed by atoms with Gasteiger partial charge in [-0.1, -0.05) is 30.0 Å². The quantitative estimate of drug-likeness (QED) is 0.325. The summed E-state index contributed by atoms with van der Waals surface area (Å²) < 4.78 is 0. The van der Waals surface area contributed by atoms with E-state index in [1.54, 1.807) is 6.07 Å². The van der Waals surface area contributed by atoms with Gasteiger partial charge in [0.25, 0.3) is 0 Å². The number of nitrogens with zero attached hydrogens (tertiary/aromatic N) is 2. The van der Waals surface area contributed by atoms with Gasteiger partial charge in [-0.25, -0.2) is 9.78 Å². The summed E-state index contributed by atoms with van der Waals surface area (Å²) in [5.41, 5.74) is 1.88. The number of ketones is 1. The van der Waals surface area contributed by atoms with Crippen molar-refractivity contribution >= 4 is 29.2 Å². The third kappa shape index (κ3) is 6.02. The molecule has 1 aromatic heterocycles. The molecule has 3 rings (SSSR count). The predicted molar refractivity (Wildman–Crippen MR) is 117 cm³/mol. The van der Waals surface area contributed by atoms with Crippen LogP contribution >= 0.6 is 0 Å². The third-order valence-corrected chi connectivity index (χ3v) is 4.18. The van der Waals surface area contributed by atoms with Crippen molar-refractivity contribution in [3.8, 4) is 17.9 Å². The van der Waals surface area contributed by atoms with Crippen LogP contribution in [0.1, 0.15) is 33.6 Å². The fraction of sp³-hybridized carbons (Fsp3) is 0.0417. The molecule has 0 fully saturated rings. The van der Waals surface area contributed by atoms with E-state index in [0.29, 0.717) is 5.56 Å². The fourth-order valence-corrected chi connectivity index (χ4v) is 2.72. The molecule has 0 aliphatic rings. The second-order valence-electron chi connectivity index (χ2n) is 6.50. The monoisotopic (exact) mass is 424 g/mol. The summed E-state index contributed by atoms with van der Waals surface area (Å²) in [7, 11) is 0. The van der Waals surface area contributed by atoms with E-state index in [9.17, 15) is 14.4 Å². The maximum absolute atomic E-state index is 12.5. The van der Waals surface area contributed by atoms with Crippen LogP contribution in [-0.4, -0.2) is 27.9 Å². The number of hydrogen-bond donors (Lipinski definition) is 3. The van der Waals surface area contributed by atoms with E-state index in [2.05, 4.69) is 27.5 Å². The summed E-state index contributed by atoms with van der Waals surface area (Å²) in [5, 5.41) is 22.7. The molecular formula is C24H16N4O4. The van der Waals surface area contributed by atoms with E-state index in [4.69, 9.17) is 10.4 Å². The number of carboxylic acid groups (broad SMARTS) is 1. The van der Waals surface area contributed by atoms with Crippen molar-refractivity contribution in [2.24, 2.45) is 0 Å². The Morgan fingerprint density at radius 1 is 0.906 bits per heavy atom. The van der Waals surface area contributed by atoms with Gasteiger partial charge >= 0.3 is 6.09 Å². The summed E-state index contributed by atoms with van der Waals surface area (Å²) in [6.45, 7) is 0. The molecular weight excluding hydrogens is 408 g/mol. The Morgan fingerprint density at radius 3 is 2.38 bits per heavy atom. The van der Waals surface area contributed by atoms with Gasteiger partial charge in [0.05, 0.1) is 17.8 Å². The second-order valence-corrected chi connectivity index (χ2v) is 6.50. The molecule has 1 heterocycles. The van der Waals surface area contributed by atoms with Crippen LogP contribution in [0.5, 0.6) is 0 Å². The third-order valence-electron chi connectivity index (χ3n) is 4.18. The standard InChI is InChI=1S/C24H16N4O4/c25-15-19-13-18(10-11-26-19)22(29)14-23(30)27-21-12-17(8-9-20(21)28-24(31)32)7-6-16-4-2-1-3-5-16/h1-5,8-13,28H,14H2,(H,27,30)(H,31,32). The molecule has 0 radical (unpaired) electrons. The molecule has 0 saturated carbocycles. The summed E-state index contributed by atoms with van der Waals surface area (Å²) in [5.74, 6) is 4.78. The number of Topliss-reactive ketones (excluding diaryl/α,β-unsaturated/α-hetero) is 1. The van der Waals surface area contributed by atoms with Gasteiger partial charge in [-0.3, -0.25) is 14.9 Å². The highest BCUT2D eigenvalue weighted by molar-refractivity contribution is 6.12. The normalized spacial score (nSPS) is 9.59. The first-order valence-electron chi connectivity index (χ1n) is 9.35. The van der Waals surface area contributed by atoms with Crippen molar-refractivity contribution in [2.75, 3.05) is 10.6 Å². The molecule has 2 aromatic carbocycles. The van der Waals surface area contributed by atoms with Crippen LogP contribution in [0.4, 0.5) is 16.2 Å². The van der Waals surface area contributed by atoms with Crippen molar-refractivity contribution < 1.29 is 19.5 Å². The first kappa shape index (κ1) is 21.8. The van der Waals surface area contributed by atoms with Crippen LogP contribution in [0, 0.1) is 23.2 Å². The maximum atomic E-state index is 12.5. The zero-order valence-electron chi connectivity index (χ0n) is 16.6. The first-order chi connectivity index (χ1) is 15.4. The Bertz CT molecular complexity index is 1280. The molecule has 0 bridgehead atoms.